The van der Waals surface area contributed by atoms with Crippen LogP contribution in [0.15, 0.2) is 0 Å². The molecule has 0 radical (unpaired) electrons. The lowest BCUT2D eigenvalue weighted by Gasteiger charge is -2.31. The van der Waals surface area contributed by atoms with Gasteiger partial charge in [0.15, 0.2) is 0 Å². The van der Waals surface area contributed by atoms with E-state index in [9.17, 15) is 0 Å². The molecule has 1 heteroatoms. The fraction of sp³-hybridized carbons (Fsp3) is 1.00. The summed E-state index contributed by atoms with van der Waals surface area (Å²) in [5.74, 6) is 2.61. The highest BCUT2D eigenvalue weighted by Crippen LogP contribution is 2.35. The molecule has 0 spiro atoms. The summed E-state index contributed by atoms with van der Waals surface area (Å²) in [6, 6.07) is 0. The van der Waals surface area contributed by atoms with Crippen LogP contribution in [0.5, 0.6) is 0 Å². The molecule has 0 aliphatic heterocycles. The average Bonchev–Trinajstić information content (AvgIpc) is 2.03. The second-order valence-corrected chi connectivity index (χ2v) is 5.79. The predicted octanol–water partition coefficient (Wildman–Crippen LogP) is 4.47. The van der Waals surface area contributed by atoms with Crippen molar-refractivity contribution in [3.8, 4) is 0 Å². The molecule has 0 aromatic carbocycles. The van der Waals surface area contributed by atoms with Crippen molar-refractivity contribution in [2.45, 2.75) is 58.3 Å². The lowest BCUT2D eigenvalue weighted by Crippen LogP contribution is -2.22. The molecule has 1 aliphatic rings. The summed E-state index contributed by atoms with van der Waals surface area (Å²) in [6.45, 7) is 6.81. The fourth-order valence-corrected chi connectivity index (χ4v) is 2.86. The zero-order chi connectivity index (χ0) is 9.84. The van der Waals surface area contributed by atoms with Gasteiger partial charge in [-0.15, -0.1) is 11.6 Å². The van der Waals surface area contributed by atoms with E-state index in [-0.39, 0.29) is 0 Å². The Morgan fingerprint density at radius 3 is 2.46 bits per heavy atom. The SMILES string of the molecule is CC(C)CC1CCCC(C(C)Cl)C1. The highest BCUT2D eigenvalue weighted by Gasteiger charge is 2.25. The molecule has 0 N–H and O–H groups in total. The fourth-order valence-electron chi connectivity index (χ4n) is 2.63. The number of rotatable bonds is 3. The quantitative estimate of drug-likeness (QED) is 0.593. The lowest BCUT2D eigenvalue weighted by molar-refractivity contribution is 0.234. The molecule has 0 aromatic heterocycles. The van der Waals surface area contributed by atoms with E-state index in [4.69, 9.17) is 11.6 Å². The maximum atomic E-state index is 6.16. The standard InChI is InChI=1S/C12H23Cl/c1-9(2)7-11-5-4-6-12(8-11)10(3)13/h9-12H,4-8H2,1-3H3. The van der Waals surface area contributed by atoms with E-state index >= 15 is 0 Å². The maximum absolute atomic E-state index is 6.16. The third-order valence-electron chi connectivity index (χ3n) is 3.28. The zero-order valence-electron chi connectivity index (χ0n) is 9.22. The van der Waals surface area contributed by atoms with Gasteiger partial charge in [0.05, 0.1) is 0 Å². The van der Waals surface area contributed by atoms with Crippen LogP contribution in [0.3, 0.4) is 0 Å². The van der Waals surface area contributed by atoms with Gasteiger partial charge in [0, 0.05) is 5.38 Å². The van der Waals surface area contributed by atoms with E-state index < -0.39 is 0 Å². The van der Waals surface area contributed by atoms with Crippen molar-refractivity contribution >= 4 is 11.6 Å². The Bertz CT molecular complexity index is 140. The first kappa shape index (κ1) is 11.4. The Morgan fingerprint density at radius 2 is 1.92 bits per heavy atom. The van der Waals surface area contributed by atoms with E-state index in [1.807, 2.05) is 0 Å². The number of alkyl halides is 1. The van der Waals surface area contributed by atoms with Crippen LogP contribution in [0, 0.1) is 17.8 Å². The third-order valence-corrected chi connectivity index (χ3v) is 3.63. The van der Waals surface area contributed by atoms with Gasteiger partial charge in [-0.1, -0.05) is 26.7 Å². The highest BCUT2D eigenvalue weighted by atomic mass is 35.5. The average molecular weight is 203 g/mol. The van der Waals surface area contributed by atoms with Crippen molar-refractivity contribution in [2.75, 3.05) is 0 Å². The third kappa shape index (κ3) is 3.89. The molecule has 3 unspecified atom stereocenters. The van der Waals surface area contributed by atoms with Gasteiger partial charge in [-0.05, 0) is 43.9 Å². The first-order valence-electron chi connectivity index (χ1n) is 5.73. The maximum Gasteiger partial charge on any atom is 0.0336 e. The first-order chi connectivity index (χ1) is 6.09. The molecule has 0 nitrogen and oxygen atoms in total. The Balaban J connectivity index is 2.33. The van der Waals surface area contributed by atoms with Gasteiger partial charge in [-0.3, -0.25) is 0 Å². The summed E-state index contributed by atoms with van der Waals surface area (Å²) in [7, 11) is 0. The largest absolute Gasteiger partial charge is 0.123 e. The van der Waals surface area contributed by atoms with Crippen molar-refractivity contribution in [3.63, 3.8) is 0 Å². The van der Waals surface area contributed by atoms with Gasteiger partial charge in [0.25, 0.3) is 0 Å². The predicted molar refractivity (Wildman–Crippen MR) is 60.2 cm³/mol. The first-order valence-corrected chi connectivity index (χ1v) is 6.17. The second-order valence-electron chi connectivity index (χ2n) is 5.10. The van der Waals surface area contributed by atoms with Crippen molar-refractivity contribution in [3.05, 3.63) is 0 Å². The molecule has 78 valence electrons. The minimum atomic E-state index is 0.384. The van der Waals surface area contributed by atoms with Crippen molar-refractivity contribution in [1.29, 1.82) is 0 Å². The van der Waals surface area contributed by atoms with E-state index in [0.29, 0.717) is 5.38 Å². The molecule has 0 saturated heterocycles. The van der Waals surface area contributed by atoms with Crippen molar-refractivity contribution in [2.24, 2.45) is 17.8 Å². The smallest absolute Gasteiger partial charge is 0.0336 e. The van der Waals surface area contributed by atoms with Crippen LogP contribution in [-0.4, -0.2) is 5.38 Å². The van der Waals surface area contributed by atoms with E-state index in [1.165, 1.54) is 32.1 Å². The van der Waals surface area contributed by atoms with Gasteiger partial charge >= 0.3 is 0 Å². The molecule has 0 heterocycles. The van der Waals surface area contributed by atoms with E-state index in [1.54, 1.807) is 0 Å². The topological polar surface area (TPSA) is 0 Å². The van der Waals surface area contributed by atoms with E-state index in [2.05, 4.69) is 20.8 Å². The van der Waals surface area contributed by atoms with Crippen LogP contribution in [-0.2, 0) is 0 Å². The molecular formula is C12H23Cl. The normalized spacial score (nSPS) is 32.1. The summed E-state index contributed by atoms with van der Waals surface area (Å²) in [6.07, 6.45) is 6.99. The lowest BCUT2D eigenvalue weighted by atomic mass is 9.77. The van der Waals surface area contributed by atoms with Crippen molar-refractivity contribution < 1.29 is 0 Å². The van der Waals surface area contributed by atoms with Crippen LogP contribution < -0.4 is 0 Å². The molecule has 1 aliphatic carbocycles. The Labute approximate surface area is 88.1 Å². The van der Waals surface area contributed by atoms with Gasteiger partial charge in [-0.2, -0.15) is 0 Å². The van der Waals surface area contributed by atoms with Crippen LogP contribution >= 0.6 is 11.6 Å². The molecule has 1 fully saturated rings. The highest BCUT2D eigenvalue weighted by molar-refractivity contribution is 6.20. The van der Waals surface area contributed by atoms with Crippen LogP contribution in [0.1, 0.15) is 52.9 Å². The van der Waals surface area contributed by atoms with Crippen LogP contribution in [0.4, 0.5) is 0 Å². The summed E-state index contributed by atoms with van der Waals surface area (Å²) >= 11 is 6.16. The number of hydrogen-bond donors (Lipinski definition) is 0. The summed E-state index contributed by atoms with van der Waals surface area (Å²) in [5.41, 5.74) is 0. The minimum Gasteiger partial charge on any atom is -0.123 e. The molecule has 0 bridgehead atoms. The van der Waals surface area contributed by atoms with Crippen LogP contribution in [0.2, 0.25) is 0 Å². The van der Waals surface area contributed by atoms with Crippen molar-refractivity contribution in [1.82, 2.24) is 0 Å². The number of halogens is 1. The molecule has 3 atom stereocenters. The second kappa shape index (κ2) is 5.24. The number of hydrogen-bond acceptors (Lipinski definition) is 0. The Hall–Kier alpha value is 0.290. The summed E-state index contributed by atoms with van der Waals surface area (Å²) in [5, 5.41) is 0.384. The minimum absolute atomic E-state index is 0.384. The van der Waals surface area contributed by atoms with Gasteiger partial charge in [0.1, 0.15) is 0 Å². The van der Waals surface area contributed by atoms with Gasteiger partial charge < -0.3 is 0 Å². The molecule has 13 heavy (non-hydrogen) atoms. The molecule has 1 saturated carbocycles. The van der Waals surface area contributed by atoms with Gasteiger partial charge in [-0.25, -0.2) is 0 Å². The monoisotopic (exact) mass is 202 g/mol. The summed E-state index contributed by atoms with van der Waals surface area (Å²) < 4.78 is 0. The molecular weight excluding hydrogens is 180 g/mol. The Kier molecular flexibility index (Phi) is 4.58. The molecule has 1 rings (SSSR count). The van der Waals surface area contributed by atoms with Gasteiger partial charge in [0.2, 0.25) is 0 Å². The molecule has 0 aromatic rings. The Morgan fingerprint density at radius 1 is 1.23 bits per heavy atom. The zero-order valence-corrected chi connectivity index (χ0v) is 9.98. The summed E-state index contributed by atoms with van der Waals surface area (Å²) in [4.78, 5) is 0. The molecule has 0 amide bonds. The van der Waals surface area contributed by atoms with Crippen LogP contribution in [0.25, 0.3) is 0 Å². The van der Waals surface area contributed by atoms with E-state index in [0.717, 1.165) is 17.8 Å².